The first kappa shape index (κ1) is 12.3. The molecule has 1 aromatic heterocycles. The molecule has 0 spiro atoms. The van der Waals surface area contributed by atoms with Gasteiger partial charge in [-0.05, 0) is 38.8 Å². The molecule has 0 fully saturated rings. The Morgan fingerprint density at radius 3 is 2.67 bits per heavy atom. The van der Waals surface area contributed by atoms with Crippen LogP contribution < -0.4 is 0 Å². The van der Waals surface area contributed by atoms with Gasteiger partial charge < -0.3 is 14.4 Å². The lowest BCUT2D eigenvalue weighted by atomic mass is 10.1. The number of ether oxygens (including phenoxy) is 1. The summed E-state index contributed by atoms with van der Waals surface area (Å²) in [5, 5.41) is 9.37. The fourth-order valence-electron chi connectivity index (χ4n) is 1.35. The van der Waals surface area contributed by atoms with E-state index < -0.39 is 0 Å². The highest BCUT2D eigenvalue weighted by Crippen LogP contribution is 2.16. The maximum absolute atomic E-state index is 9.37. The first-order chi connectivity index (χ1) is 6.94. The van der Waals surface area contributed by atoms with Crippen LogP contribution in [0.3, 0.4) is 0 Å². The van der Waals surface area contributed by atoms with Gasteiger partial charge in [0.25, 0.3) is 0 Å². The number of hydrogen-bond acceptors (Lipinski definition) is 2. The molecule has 1 rings (SSSR count). The van der Waals surface area contributed by atoms with E-state index in [1.807, 2.05) is 18.5 Å². The monoisotopic (exact) mass is 211 g/mol. The summed E-state index contributed by atoms with van der Waals surface area (Å²) in [5.74, 6) is 0. The molecule has 1 heterocycles. The van der Waals surface area contributed by atoms with Crippen molar-refractivity contribution in [1.82, 2.24) is 4.57 Å². The van der Waals surface area contributed by atoms with E-state index in [0.29, 0.717) is 0 Å². The van der Waals surface area contributed by atoms with Crippen LogP contribution in [0.2, 0.25) is 0 Å². The molecule has 0 saturated heterocycles. The second-order valence-corrected chi connectivity index (χ2v) is 4.57. The molecule has 0 bridgehead atoms. The lowest BCUT2D eigenvalue weighted by Crippen LogP contribution is -2.24. The highest BCUT2D eigenvalue weighted by atomic mass is 16.5. The highest BCUT2D eigenvalue weighted by molar-refractivity contribution is 5.12. The van der Waals surface area contributed by atoms with Crippen molar-refractivity contribution in [3.8, 4) is 0 Å². The molecular formula is C12H21NO2. The molecule has 0 aromatic carbocycles. The quantitative estimate of drug-likeness (QED) is 0.811. The van der Waals surface area contributed by atoms with Crippen molar-refractivity contribution >= 4 is 0 Å². The van der Waals surface area contributed by atoms with Crippen LogP contribution in [0.5, 0.6) is 0 Å². The number of aromatic nitrogens is 1. The third kappa shape index (κ3) is 3.68. The molecule has 1 atom stereocenters. The summed E-state index contributed by atoms with van der Waals surface area (Å²) < 4.78 is 7.44. The van der Waals surface area contributed by atoms with Gasteiger partial charge in [-0.2, -0.15) is 0 Å². The van der Waals surface area contributed by atoms with Gasteiger partial charge in [0.2, 0.25) is 0 Å². The van der Waals surface area contributed by atoms with Gasteiger partial charge in [0, 0.05) is 26.0 Å². The Labute approximate surface area is 91.7 Å². The first-order valence-electron chi connectivity index (χ1n) is 5.33. The molecule has 0 aliphatic carbocycles. The molecule has 86 valence electrons. The van der Waals surface area contributed by atoms with Crippen molar-refractivity contribution in [1.29, 1.82) is 0 Å². The average Bonchev–Trinajstić information content (AvgIpc) is 2.63. The van der Waals surface area contributed by atoms with Gasteiger partial charge >= 0.3 is 0 Å². The van der Waals surface area contributed by atoms with Crippen LogP contribution in [0.25, 0.3) is 0 Å². The number of rotatable bonds is 5. The van der Waals surface area contributed by atoms with E-state index in [2.05, 4.69) is 18.4 Å². The summed E-state index contributed by atoms with van der Waals surface area (Å²) >= 11 is 0. The van der Waals surface area contributed by atoms with Crippen molar-refractivity contribution in [2.75, 3.05) is 7.11 Å². The number of methoxy groups -OCH3 is 1. The minimum absolute atomic E-state index is 0.0880. The lowest BCUT2D eigenvalue weighted by Gasteiger charge is -2.22. The molecular weight excluding hydrogens is 190 g/mol. The van der Waals surface area contributed by atoms with Crippen LogP contribution in [-0.4, -0.2) is 22.4 Å². The molecule has 0 radical (unpaired) electrons. The third-order valence-electron chi connectivity index (χ3n) is 2.78. The van der Waals surface area contributed by atoms with Crippen molar-refractivity contribution in [2.45, 2.75) is 45.4 Å². The van der Waals surface area contributed by atoms with Crippen molar-refractivity contribution in [3.05, 3.63) is 24.0 Å². The largest absolute Gasteiger partial charge is 0.389 e. The molecule has 0 aliphatic heterocycles. The Kier molecular flexibility index (Phi) is 3.94. The topological polar surface area (TPSA) is 34.4 Å². The summed E-state index contributed by atoms with van der Waals surface area (Å²) in [6, 6.07) is 1.95. The summed E-state index contributed by atoms with van der Waals surface area (Å²) in [4.78, 5) is 0. The lowest BCUT2D eigenvalue weighted by molar-refractivity contribution is 0.0120. The highest BCUT2D eigenvalue weighted by Gasteiger charge is 2.15. The van der Waals surface area contributed by atoms with E-state index in [1.165, 1.54) is 0 Å². The van der Waals surface area contributed by atoms with E-state index in [-0.39, 0.29) is 11.7 Å². The Balaban J connectivity index is 2.51. The molecule has 0 saturated carbocycles. The molecule has 1 unspecified atom stereocenters. The number of hydrogen-bond donors (Lipinski definition) is 1. The van der Waals surface area contributed by atoms with Gasteiger partial charge in [-0.1, -0.05) is 0 Å². The predicted molar refractivity (Wildman–Crippen MR) is 60.8 cm³/mol. The van der Waals surface area contributed by atoms with E-state index >= 15 is 0 Å². The molecule has 0 amide bonds. The SMILES string of the molecule is COC(C)(C)CCn1ccc(C(C)O)c1. The summed E-state index contributed by atoms with van der Waals surface area (Å²) in [6.45, 7) is 6.84. The number of aliphatic hydroxyl groups is 1. The molecule has 3 heteroatoms. The van der Waals surface area contributed by atoms with Crippen molar-refractivity contribution in [2.24, 2.45) is 0 Å². The van der Waals surface area contributed by atoms with Crippen LogP contribution in [0.4, 0.5) is 0 Å². The standard InChI is InChI=1S/C12H21NO2/c1-10(14)11-5-7-13(9-11)8-6-12(2,3)15-4/h5,7,9-10,14H,6,8H2,1-4H3. The third-order valence-corrected chi connectivity index (χ3v) is 2.78. The zero-order valence-corrected chi connectivity index (χ0v) is 10.0. The van der Waals surface area contributed by atoms with Gasteiger partial charge in [-0.15, -0.1) is 0 Å². The van der Waals surface area contributed by atoms with Crippen LogP contribution in [0, 0.1) is 0 Å². The summed E-state index contributed by atoms with van der Waals surface area (Å²) in [5.41, 5.74) is 0.875. The van der Waals surface area contributed by atoms with Crippen LogP contribution in [0.1, 0.15) is 38.9 Å². The van der Waals surface area contributed by atoms with E-state index in [4.69, 9.17) is 4.74 Å². The minimum Gasteiger partial charge on any atom is -0.389 e. The number of aliphatic hydroxyl groups excluding tert-OH is 1. The van der Waals surface area contributed by atoms with E-state index in [1.54, 1.807) is 14.0 Å². The Bertz CT molecular complexity index is 302. The van der Waals surface area contributed by atoms with E-state index in [0.717, 1.165) is 18.5 Å². The van der Waals surface area contributed by atoms with Crippen LogP contribution in [-0.2, 0) is 11.3 Å². The number of nitrogens with zero attached hydrogens (tertiary/aromatic N) is 1. The second-order valence-electron chi connectivity index (χ2n) is 4.57. The van der Waals surface area contributed by atoms with Gasteiger partial charge in [-0.3, -0.25) is 0 Å². The zero-order chi connectivity index (χ0) is 11.5. The predicted octanol–water partition coefficient (Wildman–Crippen LogP) is 2.36. The molecule has 0 aliphatic rings. The maximum Gasteiger partial charge on any atom is 0.0776 e. The van der Waals surface area contributed by atoms with Crippen molar-refractivity contribution in [3.63, 3.8) is 0 Å². The molecule has 15 heavy (non-hydrogen) atoms. The Hall–Kier alpha value is -0.800. The normalized spacial score (nSPS) is 14.2. The van der Waals surface area contributed by atoms with Gasteiger partial charge in [0.1, 0.15) is 0 Å². The first-order valence-corrected chi connectivity index (χ1v) is 5.33. The Morgan fingerprint density at radius 2 is 2.20 bits per heavy atom. The minimum atomic E-state index is -0.387. The summed E-state index contributed by atoms with van der Waals surface area (Å²) in [7, 11) is 1.73. The average molecular weight is 211 g/mol. The second kappa shape index (κ2) is 4.81. The summed E-state index contributed by atoms with van der Waals surface area (Å²) in [6.07, 6.45) is 4.54. The van der Waals surface area contributed by atoms with E-state index in [9.17, 15) is 5.11 Å². The van der Waals surface area contributed by atoms with Gasteiger partial charge in [0.15, 0.2) is 0 Å². The molecule has 1 N–H and O–H groups in total. The molecule has 3 nitrogen and oxygen atoms in total. The van der Waals surface area contributed by atoms with Crippen LogP contribution in [0.15, 0.2) is 18.5 Å². The number of aryl methyl sites for hydroxylation is 1. The fraction of sp³-hybridized carbons (Fsp3) is 0.667. The zero-order valence-electron chi connectivity index (χ0n) is 10.0. The fourth-order valence-corrected chi connectivity index (χ4v) is 1.35. The van der Waals surface area contributed by atoms with Gasteiger partial charge in [0.05, 0.1) is 11.7 Å². The smallest absolute Gasteiger partial charge is 0.0776 e. The van der Waals surface area contributed by atoms with Crippen molar-refractivity contribution < 1.29 is 9.84 Å². The van der Waals surface area contributed by atoms with Crippen LogP contribution >= 0.6 is 0 Å². The molecule has 1 aromatic rings. The maximum atomic E-state index is 9.37. The Morgan fingerprint density at radius 1 is 1.53 bits per heavy atom. The van der Waals surface area contributed by atoms with Gasteiger partial charge in [-0.25, -0.2) is 0 Å².